The first-order chi connectivity index (χ1) is 12.7. The van der Waals surface area contributed by atoms with E-state index in [1.807, 2.05) is 41.1 Å². The molecule has 0 saturated heterocycles. The minimum Gasteiger partial charge on any atom is -0.346 e. The van der Waals surface area contributed by atoms with Crippen molar-refractivity contribution in [1.29, 1.82) is 0 Å². The molecular formula is C18H18N6O2. The van der Waals surface area contributed by atoms with Gasteiger partial charge in [0.15, 0.2) is 5.82 Å². The summed E-state index contributed by atoms with van der Waals surface area (Å²) in [5.74, 6) is 0.0917. The summed E-state index contributed by atoms with van der Waals surface area (Å²) < 4.78 is 1.85. The second-order valence-corrected chi connectivity index (χ2v) is 6.13. The van der Waals surface area contributed by atoms with E-state index >= 15 is 0 Å². The Hall–Kier alpha value is -3.42. The second-order valence-electron chi connectivity index (χ2n) is 6.13. The number of rotatable bonds is 5. The maximum absolute atomic E-state index is 12.7. The van der Waals surface area contributed by atoms with Gasteiger partial charge >= 0.3 is 0 Å². The third kappa shape index (κ3) is 3.21. The third-order valence-corrected chi connectivity index (χ3v) is 4.32. The maximum atomic E-state index is 12.7. The monoisotopic (exact) mass is 350 g/mol. The first-order valence-corrected chi connectivity index (χ1v) is 8.37. The zero-order chi connectivity index (χ0) is 17.9. The lowest BCUT2D eigenvalue weighted by Crippen LogP contribution is -2.39. The van der Waals surface area contributed by atoms with E-state index in [1.54, 1.807) is 4.90 Å². The summed E-state index contributed by atoms with van der Waals surface area (Å²) >= 11 is 0. The van der Waals surface area contributed by atoms with Crippen LogP contribution < -0.4 is 5.32 Å². The molecule has 1 aliphatic heterocycles. The van der Waals surface area contributed by atoms with Crippen molar-refractivity contribution in [3.8, 4) is 0 Å². The van der Waals surface area contributed by atoms with Gasteiger partial charge in [0.2, 0.25) is 0 Å². The average Bonchev–Trinajstić information content (AvgIpc) is 3.33. The van der Waals surface area contributed by atoms with Crippen LogP contribution in [0.25, 0.3) is 0 Å². The Morgan fingerprint density at radius 1 is 1.23 bits per heavy atom. The molecule has 3 heterocycles. The zero-order valence-corrected chi connectivity index (χ0v) is 14.1. The van der Waals surface area contributed by atoms with Gasteiger partial charge in [-0.05, 0) is 5.56 Å². The van der Waals surface area contributed by atoms with Crippen molar-refractivity contribution in [2.24, 2.45) is 0 Å². The quantitative estimate of drug-likeness (QED) is 0.722. The van der Waals surface area contributed by atoms with E-state index in [1.165, 1.54) is 12.4 Å². The fraction of sp³-hybridized carbons (Fsp3) is 0.222. The van der Waals surface area contributed by atoms with Gasteiger partial charge in [-0.15, -0.1) is 0 Å². The van der Waals surface area contributed by atoms with Crippen molar-refractivity contribution in [1.82, 2.24) is 30.0 Å². The molecule has 1 aromatic carbocycles. The van der Waals surface area contributed by atoms with Gasteiger partial charge in [-0.1, -0.05) is 30.3 Å². The van der Waals surface area contributed by atoms with Crippen molar-refractivity contribution in [2.75, 3.05) is 6.54 Å². The lowest BCUT2D eigenvalue weighted by atomic mass is 10.2. The van der Waals surface area contributed by atoms with Gasteiger partial charge in [-0.25, -0.2) is 4.98 Å². The molecule has 132 valence electrons. The lowest BCUT2D eigenvalue weighted by molar-refractivity contribution is 0.0683. The summed E-state index contributed by atoms with van der Waals surface area (Å²) in [5.41, 5.74) is 2.21. The third-order valence-electron chi connectivity index (χ3n) is 4.32. The number of nitrogens with one attached hydrogen (secondary N) is 2. The number of carbonyl (C=O) groups excluding carboxylic acids is 2. The highest BCUT2D eigenvalue weighted by molar-refractivity contribution is 5.93. The number of hydrogen-bond donors (Lipinski definition) is 2. The van der Waals surface area contributed by atoms with Gasteiger partial charge in [-0.3, -0.25) is 14.7 Å². The number of carbonyl (C=O) groups is 2. The topological polar surface area (TPSA) is 95.9 Å². The van der Waals surface area contributed by atoms with Crippen molar-refractivity contribution in [3.05, 3.63) is 71.6 Å². The molecule has 26 heavy (non-hydrogen) atoms. The number of amides is 2. The number of aromatic nitrogens is 4. The molecule has 0 fully saturated rings. The van der Waals surface area contributed by atoms with Crippen molar-refractivity contribution < 1.29 is 9.59 Å². The Kier molecular flexibility index (Phi) is 4.22. The molecule has 2 amide bonds. The molecule has 0 bridgehead atoms. The molecule has 1 aliphatic rings. The van der Waals surface area contributed by atoms with Crippen LogP contribution in [-0.4, -0.2) is 43.0 Å². The Balaban J connectivity index is 1.43. The molecule has 0 saturated carbocycles. The molecule has 3 aromatic rings. The van der Waals surface area contributed by atoms with Crippen LogP contribution >= 0.6 is 0 Å². The number of imidazole rings is 1. The van der Waals surface area contributed by atoms with E-state index < -0.39 is 0 Å². The molecular weight excluding hydrogens is 332 g/mol. The summed E-state index contributed by atoms with van der Waals surface area (Å²) in [6.07, 6.45) is 4.81. The van der Waals surface area contributed by atoms with E-state index in [0.717, 1.165) is 5.56 Å². The molecule has 0 radical (unpaired) electrons. The highest BCUT2D eigenvalue weighted by Crippen LogP contribution is 2.16. The highest BCUT2D eigenvalue weighted by atomic mass is 16.2. The molecule has 8 heteroatoms. The van der Waals surface area contributed by atoms with Gasteiger partial charge in [-0.2, -0.15) is 5.10 Å². The molecule has 0 spiro atoms. The van der Waals surface area contributed by atoms with Crippen LogP contribution in [0.15, 0.2) is 48.9 Å². The summed E-state index contributed by atoms with van der Waals surface area (Å²) in [5, 5.41) is 9.12. The van der Waals surface area contributed by atoms with Crippen LogP contribution in [0.3, 0.4) is 0 Å². The predicted octanol–water partition coefficient (Wildman–Crippen LogP) is 1.19. The Morgan fingerprint density at radius 2 is 2.08 bits per heavy atom. The lowest BCUT2D eigenvalue weighted by Gasteiger charge is -2.27. The van der Waals surface area contributed by atoms with Crippen LogP contribution in [0.2, 0.25) is 0 Å². The van der Waals surface area contributed by atoms with Gasteiger partial charge in [0.05, 0.1) is 24.0 Å². The first-order valence-electron chi connectivity index (χ1n) is 8.37. The second kappa shape index (κ2) is 6.83. The van der Waals surface area contributed by atoms with E-state index in [-0.39, 0.29) is 18.4 Å². The van der Waals surface area contributed by atoms with Gasteiger partial charge in [0.1, 0.15) is 0 Å². The fourth-order valence-electron chi connectivity index (χ4n) is 2.97. The van der Waals surface area contributed by atoms with Gasteiger partial charge in [0.25, 0.3) is 11.8 Å². The molecule has 0 atom stereocenters. The average molecular weight is 350 g/mol. The summed E-state index contributed by atoms with van der Waals surface area (Å²) in [6.45, 7) is 2.16. The normalized spacial score (nSPS) is 13.5. The van der Waals surface area contributed by atoms with Crippen LogP contribution in [0.4, 0.5) is 0 Å². The van der Waals surface area contributed by atoms with Crippen LogP contribution in [0, 0.1) is 0 Å². The van der Waals surface area contributed by atoms with Crippen molar-refractivity contribution in [2.45, 2.75) is 19.6 Å². The van der Waals surface area contributed by atoms with Crippen LogP contribution in [0.1, 0.15) is 32.2 Å². The van der Waals surface area contributed by atoms with E-state index in [9.17, 15) is 9.59 Å². The Bertz CT molecular complexity index is 917. The molecule has 2 aromatic heterocycles. The van der Waals surface area contributed by atoms with Crippen LogP contribution in [0.5, 0.6) is 0 Å². The largest absolute Gasteiger partial charge is 0.346 e. The smallest absolute Gasteiger partial charge is 0.290 e. The van der Waals surface area contributed by atoms with Crippen LogP contribution in [-0.2, 0) is 19.6 Å². The number of fused-ring (bicyclic) bond motifs is 1. The number of nitrogens with zero attached hydrogens (tertiary/aromatic N) is 4. The van der Waals surface area contributed by atoms with Crippen molar-refractivity contribution >= 4 is 11.8 Å². The minimum atomic E-state index is -0.234. The van der Waals surface area contributed by atoms with Crippen molar-refractivity contribution in [3.63, 3.8) is 0 Å². The number of H-pyrrole nitrogens is 1. The summed E-state index contributed by atoms with van der Waals surface area (Å²) in [4.78, 5) is 30.9. The van der Waals surface area contributed by atoms with E-state index in [2.05, 4.69) is 20.5 Å². The molecule has 0 aliphatic carbocycles. The Morgan fingerprint density at radius 3 is 2.85 bits per heavy atom. The zero-order valence-electron chi connectivity index (χ0n) is 14.1. The highest BCUT2D eigenvalue weighted by Gasteiger charge is 2.27. The molecule has 4 rings (SSSR count). The SMILES string of the molecule is O=C(NCc1cn2c(n1)C(=O)N(Cc1ccccc1)CC2)c1cn[nH]c1. The molecule has 2 N–H and O–H groups in total. The number of aromatic amines is 1. The summed E-state index contributed by atoms with van der Waals surface area (Å²) in [7, 11) is 0. The molecule has 0 unspecified atom stereocenters. The maximum Gasteiger partial charge on any atom is 0.290 e. The molecule has 8 nitrogen and oxygen atoms in total. The fourth-order valence-corrected chi connectivity index (χ4v) is 2.97. The van der Waals surface area contributed by atoms with E-state index in [4.69, 9.17) is 0 Å². The Labute approximate surface area is 149 Å². The predicted molar refractivity (Wildman–Crippen MR) is 93.2 cm³/mol. The van der Waals surface area contributed by atoms with Gasteiger partial charge < -0.3 is 14.8 Å². The first kappa shape index (κ1) is 16.1. The van der Waals surface area contributed by atoms with E-state index in [0.29, 0.717) is 36.7 Å². The minimum absolute atomic E-state index is 0.0903. The number of hydrogen-bond acceptors (Lipinski definition) is 4. The standard InChI is InChI=1S/C18H18N6O2/c25-17(14-8-20-21-9-14)19-10-15-12-23-6-7-24(18(26)16(23)22-15)11-13-4-2-1-3-5-13/h1-5,8-9,12H,6-7,10-11H2,(H,19,25)(H,20,21). The van der Waals surface area contributed by atoms with Gasteiger partial charge in [0, 0.05) is 32.0 Å². The summed E-state index contributed by atoms with van der Waals surface area (Å²) in [6, 6.07) is 9.89. The number of benzene rings is 1.